The number of nitrogens with one attached hydrogen (secondary N) is 1. The molecule has 0 saturated heterocycles. The van der Waals surface area contributed by atoms with Crippen LogP contribution in [-0.2, 0) is 14.3 Å². The van der Waals surface area contributed by atoms with Gasteiger partial charge < -0.3 is 14.8 Å². The molecule has 0 bridgehead atoms. The van der Waals surface area contributed by atoms with Crippen molar-refractivity contribution in [3.8, 4) is 0 Å². The smallest absolute Gasteiger partial charge is 0.408 e. The number of amides is 1. The van der Waals surface area contributed by atoms with Gasteiger partial charge in [-0.05, 0) is 40.0 Å². The van der Waals surface area contributed by atoms with Gasteiger partial charge in [-0.3, -0.25) is 0 Å². The van der Waals surface area contributed by atoms with E-state index in [-0.39, 0.29) is 11.9 Å². The molecule has 0 heterocycles. The molecule has 0 aromatic rings. The molecule has 17 heavy (non-hydrogen) atoms. The van der Waals surface area contributed by atoms with Crippen LogP contribution in [0.3, 0.4) is 0 Å². The number of rotatable bonds is 3. The molecule has 0 spiro atoms. The first-order chi connectivity index (χ1) is 7.71. The zero-order valence-electron chi connectivity index (χ0n) is 11.1. The molecule has 1 rings (SSSR count). The first-order valence-electron chi connectivity index (χ1n) is 5.89. The molecule has 1 aliphatic carbocycles. The largest absolute Gasteiger partial charge is 0.464 e. The predicted molar refractivity (Wildman–Crippen MR) is 62.5 cm³/mol. The molecule has 5 heteroatoms. The maximum atomic E-state index is 11.7. The first-order valence-corrected chi connectivity index (χ1v) is 5.89. The van der Waals surface area contributed by atoms with Crippen LogP contribution < -0.4 is 5.32 Å². The number of esters is 1. The Hall–Kier alpha value is -1.26. The lowest BCUT2D eigenvalue weighted by atomic mass is 10.2. The molecule has 0 aromatic carbocycles. The van der Waals surface area contributed by atoms with Gasteiger partial charge in [0, 0.05) is 0 Å². The van der Waals surface area contributed by atoms with Gasteiger partial charge in [-0.1, -0.05) is 6.92 Å². The first kappa shape index (κ1) is 13.8. The summed E-state index contributed by atoms with van der Waals surface area (Å²) in [5.41, 5.74) is -1.45. The van der Waals surface area contributed by atoms with E-state index in [0.717, 1.165) is 0 Å². The lowest BCUT2D eigenvalue weighted by molar-refractivity contribution is -0.147. The summed E-state index contributed by atoms with van der Waals surface area (Å²) < 4.78 is 10.1. The second-order valence-electron chi connectivity index (χ2n) is 5.42. The SMILES string of the molecule is CCOC(=O)[C@@]1(NC(=O)OC(C)(C)C)C[C@H]1C. The van der Waals surface area contributed by atoms with Crippen LogP contribution in [0.4, 0.5) is 4.79 Å². The van der Waals surface area contributed by atoms with E-state index in [9.17, 15) is 9.59 Å². The van der Waals surface area contributed by atoms with Crippen molar-refractivity contribution in [2.45, 2.75) is 52.2 Å². The zero-order valence-corrected chi connectivity index (χ0v) is 11.1. The second kappa shape index (κ2) is 4.55. The van der Waals surface area contributed by atoms with Gasteiger partial charge in [0.25, 0.3) is 0 Å². The molecule has 0 unspecified atom stereocenters. The van der Waals surface area contributed by atoms with Crippen molar-refractivity contribution in [2.75, 3.05) is 6.61 Å². The quantitative estimate of drug-likeness (QED) is 0.768. The predicted octanol–water partition coefficient (Wildman–Crippen LogP) is 1.85. The molecular weight excluding hydrogens is 222 g/mol. The van der Waals surface area contributed by atoms with Crippen molar-refractivity contribution < 1.29 is 19.1 Å². The van der Waals surface area contributed by atoms with Crippen LogP contribution in [0.5, 0.6) is 0 Å². The monoisotopic (exact) mass is 243 g/mol. The number of ether oxygens (including phenoxy) is 2. The fourth-order valence-corrected chi connectivity index (χ4v) is 1.68. The molecule has 0 aromatic heterocycles. The van der Waals surface area contributed by atoms with E-state index >= 15 is 0 Å². The van der Waals surface area contributed by atoms with E-state index in [2.05, 4.69) is 5.32 Å². The average Bonchev–Trinajstić information content (AvgIpc) is 2.74. The minimum atomic E-state index is -0.877. The number of alkyl carbamates (subject to hydrolysis) is 1. The van der Waals surface area contributed by atoms with Gasteiger partial charge >= 0.3 is 12.1 Å². The van der Waals surface area contributed by atoms with E-state index in [0.29, 0.717) is 13.0 Å². The Morgan fingerprint density at radius 3 is 2.29 bits per heavy atom. The normalized spacial score (nSPS) is 27.2. The molecule has 1 aliphatic rings. The maximum Gasteiger partial charge on any atom is 0.408 e. The van der Waals surface area contributed by atoms with E-state index in [1.54, 1.807) is 27.7 Å². The molecule has 0 radical (unpaired) electrons. The summed E-state index contributed by atoms with van der Waals surface area (Å²) in [6.45, 7) is 9.28. The fraction of sp³-hybridized carbons (Fsp3) is 0.833. The van der Waals surface area contributed by atoms with Crippen LogP contribution in [0.25, 0.3) is 0 Å². The minimum Gasteiger partial charge on any atom is -0.464 e. The van der Waals surface area contributed by atoms with Crippen LogP contribution in [0, 0.1) is 5.92 Å². The Morgan fingerprint density at radius 1 is 1.41 bits per heavy atom. The Kier molecular flexibility index (Phi) is 3.69. The lowest BCUT2D eigenvalue weighted by Gasteiger charge is -2.23. The zero-order chi connectivity index (χ0) is 13.3. The molecule has 2 atom stereocenters. The Balaban J connectivity index is 2.59. The lowest BCUT2D eigenvalue weighted by Crippen LogP contribution is -2.47. The summed E-state index contributed by atoms with van der Waals surface area (Å²) in [4.78, 5) is 23.4. The Bertz CT molecular complexity index is 321. The summed E-state index contributed by atoms with van der Waals surface area (Å²) in [6, 6.07) is 0. The molecule has 1 saturated carbocycles. The van der Waals surface area contributed by atoms with Crippen molar-refractivity contribution >= 4 is 12.1 Å². The third kappa shape index (κ3) is 3.35. The Labute approximate surface area is 102 Å². The van der Waals surface area contributed by atoms with Crippen molar-refractivity contribution in [1.29, 1.82) is 0 Å². The summed E-state index contributed by atoms with van der Waals surface area (Å²) in [5, 5.41) is 2.62. The maximum absolute atomic E-state index is 11.7. The van der Waals surface area contributed by atoms with Crippen molar-refractivity contribution in [2.24, 2.45) is 5.92 Å². The highest BCUT2D eigenvalue weighted by Crippen LogP contribution is 2.44. The standard InChI is InChI=1S/C12H21NO4/c1-6-16-9(14)12(7-8(12)2)13-10(15)17-11(3,4)5/h8H,6-7H2,1-5H3,(H,13,15)/t8-,12-/m1/s1. The van der Waals surface area contributed by atoms with Crippen LogP contribution >= 0.6 is 0 Å². The van der Waals surface area contributed by atoms with Crippen molar-refractivity contribution in [3.63, 3.8) is 0 Å². The van der Waals surface area contributed by atoms with E-state index in [1.165, 1.54) is 0 Å². The van der Waals surface area contributed by atoms with Gasteiger partial charge in [-0.2, -0.15) is 0 Å². The highest BCUT2D eigenvalue weighted by molar-refractivity contribution is 5.89. The molecule has 0 aliphatic heterocycles. The van der Waals surface area contributed by atoms with Crippen LogP contribution in [0.15, 0.2) is 0 Å². The average molecular weight is 243 g/mol. The number of hydrogen-bond donors (Lipinski definition) is 1. The molecule has 1 fully saturated rings. The summed E-state index contributed by atoms with van der Waals surface area (Å²) in [7, 11) is 0. The summed E-state index contributed by atoms with van der Waals surface area (Å²) in [6.07, 6.45) is 0.0281. The highest BCUT2D eigenvalue weighted by Gasteiger charge is 2.60. The van der Waals surface area contributed by atoms with Gasteiger partial charge in [-0.15, -0.1) is 0 Å². The van der Waals surface area contributed by atoms with Gasteiger partial charge in [-0.25, -0.2) is 9.59 Å². The third-order valence-corrected chi connectivity index (χ3v) is 2.67. The third-order valence-electron chi connectivity index (χ3n) is 2.67. The van der Waals surface area contributed by atoms with E-state index in [1.807, 2.05) is 6.92 Å². The van der Waals surface area contributed by atoms with Crippen molar-refractivity contribution in [1.82, 2.24) is 5.32 Å². The summed E-state index contributed by atoms with van der Waals surface area (Å²) >= 11 is 0. The van der Waals surface area contributed by atoms with Gasteiger partial charge in [0.2, 0.25) is 0 Å². The number of carbonyl (C=O) groups excluding carboxylic acids is 2. The fourth-order valence-electron chi connectivity index (χ4n) is 1.68. The minimum absolute atomic E-state index is 0.0917. The molecule has 1 N–H and O–H groups in total. The Morgan fingerprint density at radius 2 is 1.94 bits per heavy atom. The molecular formula is C12H21NO4. The van der Waals surface area contributed by atoms with E-state index < -0.39 is 17.2 Å². The highest BCUT2D eigenvalue weighted by atomic mass is 16.6. The number of hydrogen-bond acceptors (Lipinski definition) is 4. The van der Waals surface area contributed by atoms with Crippen molar-refractivity contribution in [3.05, 3.63) is 0 Å². The van der Waals surface area contributed by atoms with Gasteiger partial charge in [0.1, 0.15) is 11.1 Å². The number of carbonyl (C=O) groups is 2. The topological polar surface area (TPSA) is 64.6 Å². The van der Waals surface area contributed by atoms with Crippen LogP contribution in [0.2, 0.25) is 0 Å². The molecule has 98 valence electrons. The van der Waals surface area contributed by atoms with Crippen LogP contribution in [-0.4, -0.2) is 29.8 Å². The van der Waals surface area contributed by atoms with Gasteiger partial charge in [0.05, 0.1) is 6.61 Å². The molecule has 1 amide bonds. The van der Waals surface area contributed by atoms with Gasteiger partial charge in [0.15, 0.2) is 0 Å². The van der Waals surface area contributed by atoms with E-state index in [4.69, 9.17) is 9.47 Å². The summed E-state index contributed by atoms with van der Waals surface area (Å²) in [5.74, 6) is -0.285. The second-order valence-corrected chi connectivity index (χ2v) is 5.42. The van der Waals surface area contributed by atoms with Crippen LogP contribution in [0.1, 0.15) is 41.0 Å². The molecule has 5 nitrogen and oxygen atoms in total.